The van der Waals surface area contributed by atoms with Gasteiger partial charge in [0.15, 0.2) is 16.6 Å². The zero-order valence-corrected chi connectivity index (χ0v) is 19.1. The van der Waals surface area contributed by atoms with Gasteiger partial charge in [-0.25, -0.2) is 0 Å². The number of aliphatic hydroxyl groups excluding tert-OH is 1. The maximum absolute atomic E-state index is 10.2. The number of hydrogen-bond donors (Lipinski definition) is 1. The highest BCUT2D eigenvalue weighted by molar-refractivity contribution is 6.74. The van der Waals surface area contributed by atoms with Gasteiger partial charge in [-0.15, -0.1) is 0 Å². The van der Waals surface area contributed by atoms with Gasteiger partial charge in [0.05, 0.1) is 12.2 Å². The standard InChI is InChI=1S/C18H40O3Si2/c1-17(2,3)22(7,8)20-13-14-11-15(19)12-16(14)21-23(9,10)18(4,5)6/h14-16,19H,11-13H2,1-10H3/t14-,15+,16?/m0/s1. The largest absolute Gasteiger partial charge is 0.416 e. The SMILES string of the molecule is CC(C)(C)[Si](C)(C)OC[C@@H]1C[C@@H](O)CC1O[Si](C)(C)C(C)(C)C. The molecule has 1 saturated carbocycles. The van der Waals surface area contributed by atoms with Gasteiger partial charge in [-0.2, -0.15) is 0 Å². The minimum atomic E-state index is -1.81. The van der Waals surface area contributed by atoms with Crippen molar-refractivity contribution < 1.29 is 14.0 Å². The lowest BCUT2D eigenvalue weighted by atomic mass is 10.1. The molecule has 5 heteroatoms. The summed E-state index contributed by atoms with van der Waals surface area (Å²) in [6, 6.07) is 0. The average Bonchev–Trinajstić information content (AvgIpc) is 2.63. The Bertz CT molecular complexity index is 394. The molecule has 0 aromatic rings. The minimum Gasteiger partial charge on any atom is -0.416 e. The van der Waals surface area contributed by atoms with Crippen molar-refractivity contribution in [3.63, 3.8) is 0 Å². The molecule has 138 valence electrons. The topological polar surface area (TPSA) is 38.7 Å². The Morgan fingerprint density at radius 2 is 1.35 bits per heavy atom. The summed E-state index contributed by atoms with van der Waals surface area (Å²) in [6.07, 6.45) is 1.49. The van der Waals surface area contributed by atoms with E-state index in [0.717, 1.165) is 19.4 Å². The molecule has 1 aliphatic rings. The molecular formula is C18H40O3Si2. The molecule has 3 atom stereocenters. The zero-order chi connectivity index (χ0) is 18.3. The van der Waals surface area contributed by atoms with Crippen LogP contribution in [0.5, 0.6) is 0 Å². The van der Waals surface area contributed by atoms with Crippen molar-refractivity contribution in [3.05, 3.63) is 0 Å². The second kappa shape index (κ2) is 6.91. The normalized spacial score (nSPS) is 27.5. The summed E-state index contributed by atoms with van der Waals surface area (Å²) < 4.78 is 13.0. The lowest BCUT2D eigenvalue weighted by molar-refractivity contribution is 0.0994. The maximum Gasteiger partial charge on any atom is 0.192 e. The van der Waals surface area contributed by atoms with E-state index in [1.165, 1.54) is 0 Å². The molecule has 1 rings (SSSR count). The molecule has 0 bridgehead atoms. The van der Waals surface area contributed by atoms with Crippen LogP contribution in [0.15, 0.2) is 0 Å². The highest BCUT2D eigenvalue weighted by atomic mass is 28.4. The first kappa shape index (κ1) is 21.4. The van der Waals surface area contributed by atoms with Gasteiger partial charge in [-0.1, -0.05) is 41.5 Å². The van der Waals surface area contributed by atoms with E-state index in [9.17, 15) is 5.11 Å². The Labute approximate surface area is 146 Å². The number of aliphatic hydroxyl groups is 1. The van der Waals surface area contributed by atoms with Crippen LogP contribution in [0.25, 0.3) is 0 Å². The molecule has 0 radical (unpaired) electrons. The van der Waals surface area contributed by atoms with Crippen LogP contribution >= 0.6 is 0 Å². The summed E-state index contributed by atoms with van der Waals surface area (Å²) in [4.78, 5) is 0. The molecule has 1 N–H and O–H groups in total. The van der Waals surface area contributed by atoms with E-state index in [4.69, 9.17) is 8.85 Å². The fourth-order valence-corrected chi connectivity index (χ4v) is 4.93. The van der Waals surface area contributed by atoms with E-state index in [0.29, 0.717) is 5.92 Å². The molecule has 1 aliphatic carbocycles. The third kappa shape index (κ3) is 5.39. The summed E-state index contributed by atoms with van der Waals surface area (Å²) >= 11 is 0. The Kier molecular flexibility index (Phi) is 6.41. The lowest BCUT2D eigenvalue weighted by Gasteiger charge is -2.41. The number of rotatable bonds is 5. The third-order valence-corrected chi connectivity index (χ3v) is 15.3. The van der Waals surface area contributed by atoms with Gasteiger partial charge < -0.3 is 14.0 Å². The first-order valence-electron chi connectivity index (χ1n) is 9.07. The van der Waals surface area contributed by atoms with Crippen LogP contribution in [0.1, 0.15) is 54.4 Å². The monoisotopic (exact) mass is 360 g/mol. The quantitative estimate of drug-likeness (QED) is 0.687. The van der Waals surface area contributed by atoms with Crippen molar-refractivity contribution in [1.82, 2.24) is 0 Å². The van der Waals surface area contributed by atoms with E-state index >= 15 is 0 Å². The van der Waals surface area contributed by atoms with Crippen molar-refractivity contribution in [2.24, 2.45) is 5.92 Å². The molecule has 23 heavy (non-hydrogen) atoms. The fourth-order valence-electron chi connectivity index (χ4n) is 2.46. The van der Waals surface area contributed by atoms with Crippen molar-refractivity contribution in [2.45, 2.75) is 103 Å². The van der Waals surface area contributed by atoms with E-state index in [1.807, 2.05) is 0 Å². The summed E-state index contributed by atoms with van der Waals surface area (Å²) in [5, 5.41) is 10.6. The Morgan fingerprint density at radius 1 is 0.870 bits per heavy atom. The molecule has 0 heterocycles. The predicted molar refractivity (Wildman–Crippen MR) is 104 cm³/mol. The summed E-state index contributed by atoms with van der Waals surface area (Å²) in [5.41, 5.74) is 0. The molecule has 0 amide bonds. The van der Waals surface area contributed by atoms with Crippen molar-refractivity contribution in [3.8, 4) is 0 Å². The highest BCUT2D eigenvalue weighted by Gasteiger charge is 2.45. The second-order valence-electron chi connectivity index (χ2n) is 10.4. The first-order valence-corrected chi connectivity index (χ1v) is 14.9. The van der Waals surface area contributed by atoms with Crippen LogP contribution in [0.2, 0.25) is 36.3 Å². The summed E-state index contributed by atoms with van der Waals surface area (Å²) in [7, 11) is -3.55. The first-order chi connectivity index (χ1) is 10.1. The Hall–Kier alpha value is 0.314. The molecule has 0 saturated heterocycles. The third-order valence-electron chi connectivity index (χ3n) is 6.32. The predicted octanol–water partition coefficient (Wildman–Crippen LogP) is 5.17. The van der Waals surface area contributed by atoms with Gasteiger partial charge in [0.25, 0.3) is 0 Å². The fraction of sp³-hybridized carbons (Fsp3) is 1.00. The van der Waals surface area contributed by atoms with Gasteiger partial charge in [0.2, 0.25) is 0 Å². The van der Waals surface area contributed by atoms with Gasteiger partial charge in [0, 0.05) is 12.5 Å². The van der Waals surface area contributed by atoms with Crippen LogP contribution in [0.4, 0.5) is 0 Å². The van der Waals surface area contributed by atoms with E-state index < -0.39 is 16.6 Å². The molecule has 0 aromatic heterocycles. The average molecular weight is 361 g/mol. The Balaban J connectivity index is 2.74. The summed E-state index contributed by atoms with van der Waals surface area (Å²) in [6.45, 7) is 23.5. The highest BCUT2D eigenvalue weighted by Crippen LogP contribution is 2.42. The maximum atomic E-state index is 10.2. The molecule has 0 aromatic carbocycles. The van der Waals surface area contributed by atoms with Gasteiger partial charge in [-0.05, 0) is 49.1 Å². The van der Waals surface area contributed by atoms with Crippen LogP contribution in [0.3, 0.4) is 0 Å². The zero-order valence-electron chi connectivity index (χ0n) is 17.1. The number of hydrogen-bond acceptors (Lipinski definition) is 3. The van der Waals surface area contributed by atoms with E-state index in [1.54, 1.807) is 0 Å². The molecule has 1 fully saturated rings. The van der Waals surface area contributed by atoms with Crippen molar-refractivity contribution in [1.29, 1.82) is 0 Å². The van der Waals surface area contributed by atoms with Crippen LogP contribution in [-0.4, -0.2) is 40.6 Å². The lowest BCUT2D eigenvalue weighted by Crippen LogP contribution is -2.46. The molecule has 0 aliphatic heterocycles. The van der Waals surface area contributed by atoms with Gasteiger partial charge in [-0.3, -0.25) is 0 Å². The van der Waals surface area contributed by atoms with Gasteiger partial charge >= 0.3 is 0 Å². The Morgan fingerprint density at radius 3 is 1.78 bits per heavy atom. The molecule has 3 nitrogen and oxygen atoms in total. The van der Waals surface area contributed by atoms with E-state index in [-0.39, 0.29) is 22.3 Å². The summed E-state index contributed by atoms with van der Waals surface area (Å²) in [5.74, 6) is 0.327. The van der Waals surface area contributed by atoms with Crippen LogP contribution in [-0.2, 0) is 8.85 Å². The van der Waals surface area contributed by atoms with Gasteiger partial charge in [0.1, 0.15) is 0 Å². The molecule has 1 unspecified atom stereocenters. The smallest absolute Gasteiger partial charge is 0.192 e. The minimum absolute atomic E-state index is 0.149. The molecular weight excluding hydrogens is 320 g/mol. The molecule has 0 spiro atoms. The van der Waals surface area contributed by atoms with E-state index in [2.05, 4.69) is 67.7 Å². The van der Waals surface area contributed by atoms with Crippen LogP contribution in [0, 0.1) is 5.92 Å². The van der Waals surface area contributed by atoms with Crippen LogP contribution < -0.4 is 0 Å². The second-order valence-corrected chi connectivity index (χ2v) is 19.9. The van der Waals surface area contributed by atoms with Crippen molar-refractivity contribution in [2.75, 3.05) is 6.61 Å². The van der Waals surface area contributed by atoms with Crippen molar-refractivity contribution >= 4 is 16.6 Å².